The Morgan fingerprint density at radius 2 is 1.89 bits per heavy atom. The number of hydrogen-bond donors (Lipinski definition) is 1. The van der Waals surface area contributed by atoms with Gasteiger partial charge >= 0.3 is 6.18 Å². The maximum absolute atomic E-state index is 12.9. The maximum Gasteiger partial charge on any atom is 0.417 e. The van der Waals surface area contributed by atoms with E-state index in [4.69, 9.17) is 4.42 Å². The number of hydrogen-bond acceptors (Lipinski definition) is 4. The van der Waals surface area contributed by atoms with Gasteiger partial charge in [-0.25, -0.2) is 0 Å². The lowest BCUT2D eigenvalue weighted by Gasteiger charge is -2.09. The monoisotopic (exact) mass is 271 g/mol. The molecule has 0 saturated heterocycles. The lowest BCUT2D eigenvalue weighted by atomic mass is 10.1. The van der Waals surface area contributed by atoms with E-state index in [1.54, 1.807) is 14.0 Å². The predicted molar refractivity (Wildman–Crippen MR) is 62.2 cm³/mol. The van der Waals surface area contributed by atoms with Crippen molar-refractivity contribution in [2.24, 2.45) is 0 Å². The van der Waals surface area contributed by atoms with Gasteiger partial charge in [0, 0.05) is 0 Å². The highest BCUT2D eigenvalue weighted by Gasteiger charge is 2.34. The van der Waals surface area contributed by atoms with E-state index in [2.05, 4.69) is 15.5 Å². The quantitative estimate of drug-likeness (QED) is 0.932. The van der Waals surface area contributed by atoms with E-state index < -0.39 is 11.7 Å². The summed E-state index contributed by atoms with van der Waals surface area (Å²) in [6, 6.07) is 4.89. The summed E-state index contributed by atoms with van der Waals surface area (Å²) in [7, 11) is 1.69. The molecule has 1 aromatic heterocycles. The lowest BCUT2D eigenvalue weighted by Crippen LogP contribution is -2.12. The second-order valence-electron chi connectivity index (χ2n) is 4.00. The zero-order valence-electron chi connectivity index (χ0n) is 10.3. The Balaban J connectivity index is 2.45. The second kappa shape index (κ2) is 5.00. The Bertz CT molecular complexity index is 565. The van der Waals surface area contributed by atoms with Crippen molar-refractivity contribution in [3.05, 3.63) is 35.7 Å². The van der Waals surface area contributed by atoms with Crippen LogP contribution in [0, 0.1) is 0 Å². The Morgan fingerprint density at radius 3 is 2.53 bits per heavy atom. The molecule has 0 aliphatic rings. The lowest BCUT2D eigenvalue weighted by molar-refractivity contribution is -0.137. The fraction of sp³-hybridized carbons (Fsp3) is 0.333. The first-order valence-electron chi connectivity index (χ1n) is 5.60. The first-order valence-corrected chi connectivity index (χ1v) is 5.60. The molecule has 4 nitrogen and oxygen atoms in total. The molecule has 7 heteroatoms. The van der Waals surface area contributed by atoms with Gasteiger partial charge in [-0.3, -0.25) is 0 Å². The second-order valence-corrected chi connectivity index (χ2v) is 4.00. The van der Waals surface area contributed by atoms with Crippen LogP contribution in [-0.4, -0.2) is 17.2 Å². The van der Waals surface area contributed by atoms with Crippen molar-refractivity contribution in [1.82, 2.24) is 15.5 Å². The van der Waals surface area contributed by atoms with Gasteiger partial charge in [-0.1, -0.05) is 12.1 Å². The summed E-state index contributed by atoms with van der Waals surface area (Å²) in [5.41, 5.74) is -0.903. The molecule has 2 rings (SSSR count). The average Bonchev–Trinajstić information content (AvgIpc) is 2.86. The summed E-state index contributed by atoms with van der Waals surface area (Å²) in [6.45, 7) is 1.77. The van der Waals surface area contributed by atoms with Crippen molar-refractivity contribution in [2.45, 2.75) is 19.1 Å². The molecule has 0 amide bonds. The van der Waals surface area contributed by atoms with E-state index in [1.807, 2.05) is 0 Å². The predicted octanol–water partition coefficient (Wildman–Crippen LogP) is 3.04. The Morgan fingerprint density at radius 1 is 1.21 bits per heavy atom. The highest BCUT2D eigenvalue weighted by Crippen LogP contribution is 2.36. The number of nitrogens with one attached hydrogen (secondary N) is 1. The number of alkyl halides is 3. The van der Waals surface area contributed by atoms with E-state index in [0.717, 1.165) is 6.07 Å². The summed E-state index contributed by atoms with van der Waals surface area (Å²) in [5, 5.41) is 10.3. The van der Waals surface area contributed by atoms with Crippen molar-refractivity contribution >= 4 is 0 Å². The fourth-order valence-electron chi connectivity index (χ4n) is 1.56. The van der Waals surface area contributed by atoms with Crippen LogP contribution >= 0.6 is 0 Å². The van der Waals surface area contributed by atoms with Crippen LogP contribution in [0.15, 0.2) is 28.7 Å². The summed E-state index contributed by atoms with van der Waals surface area (Å²) >= 11 is 0. The number of aromatic nitrogens is 2. The Labute approximate surface area is 107 Å². The van der Waals surface area contributed by atoms with E-state index in [0.29, 0.717) is 0 Å². The zero-order chi connectivity index (χ0) is 14.0. The topological polar surface area (TPSA) is 51.0 Å². The molecule has 0 fully saturated rings. The van der Waals surface area contributed by atoms with Gasteiger partial charge in [0.25, 0.3) is 0 Å². The smallest absolute Gasteiger partial charge is 0.417 e. The van der Waals surface area contributed by atoms with Gasteiger partial charge < -0.3 is 9.73 Å². The van der Waals surface area contributed by atoms with Gasteiger partial charge in [-0.15, -0.1) is 10.2 Å². The van der Waals surface area contributed by atoms with Crippen LogP contribution in [-0.2, 0) is 6.18 Å². The van der Waals surface area contributed by atoms with Crippen molar-refractivity contribution in [3.63, 3.8) is 0 Å². The highest BCUT2D eigenvalue weighted by atomic mass is 19.4. The molecule has 0 bridgehead atoms. The molecule has 1 aromatic carbocycles. The van der Waals surface area contributed by atoms with Gasteiger partial charge in [0.15, 0.2) is 0 Å². The number of nitrogens with zero attached hydrogens (tertiary/aromatic N) is 2. The molecule has 0 aliphatic carbocycles. The normalized spacial score (nSPS) is 13.5. The molecule has 1 heterocycles. The molecular formula is C12H12F3N3O. The van der Waals surface area contributed by atoms with Crippen molar-refractivity contribution in [3.8, 4) is 11.5 Å². The number of benzene rings is 1. The van der Waals surface area contributed by atoms with Crippen molar-refractivity contribution in [1.29, 1.82) is 0 Å². The first kappa shape index (κ1) is 13.5. The molecule has 19 heavy (non-hydrogen) atoms. The molecule has 0 aliphatic heterocycles. The van der Waals surface area contributed by atoms with Crippen LogP contribution < -0.4 is 5.32 Å². The maximum atomic E-state index is 12.9. The molecule has 102 valence electrons. The van der Waals surface area contributed by atoms with Crippen molar-refractivity contribution < 1.29 is 17.6 Å². The molecule has 1 atom stereocenters. The number of rotatable bonds is 3. The third-order valence-electron chi connectivity index (χ3n) is 2.71. The minimum Gasteiger partial charge on any atom is -0.419 e. The van der Waals surface area contributed by atoms with Gasteiger partial charge in [0.2, 0.25) is 11.8 Å². The summed E-state index contributed by atoms with van der Waals surface area (Å²) in [6.07, 6.45) is -4.46. The Kier molecular flexibility index (Phi) is 3.57. The molecule has 0 radical (unpaired) electrons. The van der Waals surface area contributed by atoms with Crippen LogP contribution in [0.3, 0.4) is 0 Å². The number of halogens is 3. The van der Waals surface area contributed by atoms with Crippen LogP contribution in [0.4, 0.5) is 13.2 Å². The molecule has 0 spiro atoms. The molecular weight excluding hydrogens is 259 g/mol. The summed E-state index contributed by atoms with van der Waals surface area (Å²) in [5.74, 6) is 0.111. The third kappa shape index (κ3) is 2.76. The molecule has 1 N–H and O–H groups in total. The van der Waals surface area contributed by atoms with Gasteiger partial charge in [0.1, 0.15) is 0 Å². The summed E-state index contributed by atoms with van der Waals surface area (Å²) < 4.78 is 43.9. The zero-order valence-corrected chi connectivity index (χ0v) is 10.3. The van der Waals surface area contributed by atoms with Crippen LogP contribution in [0.1, 0.15) is 24.4 Å². The van der Waals surface area contributed by atoms with Crippen LogP contribution in [0.25, 0.3) is 11.5 Å². The van der Waals surface area contributed by atoms with E-state index in [-0.39, 0.29) is 23.4 Å². The largest absolute Gasteiger partial charge is 0.419 e. The minimum atomic E-state index is -4.46. The summed E-state index contributed by atoms with van der Waals surface area (Å²) in [4.78, 5) is 0. The third-order valence-corrected chi connectivity index (χ3v) is 2.71. The fourth-order valence-corrected chi connectivity index (χ4v) is 1.56. The van der Waals surface area contributed by atoms with Gasteiger partial charge in [-0.2, -0.15) is 13.2 Å². The molecule has 0 saturated carbocycles. The van der Waals surface area contributed by atoms with Crippen LogP contribution in [0.5, 0.6) is 0 Å². The Hall–Kier alpha value is -1.89. The van der Waals surface area contributed by atoms with Crippen molar-refractivity contribution in [2.75, 3.05) is 7.05 Å². The molecule has 2 aromatic rings. The average molecular weight is 271 g/mol. The first-order chi connectivity index (χ1) is 8.93. The standard InChI is InChI=1S/C12H12F3N3O/c1-7(16-2)10-17-18-11(19-10)8-5-3-4-6-9(8)12(13,14)15/h3-7,16H,1-2H3. The van der Waals surface area contributed by atoms with E-state index in [9.17, 15) is 13.2 Å². The minimum absolute atomic E-state index is 0.114. The van der Waals surface area contributed by atoms with Gasteiger partial charge in [-0.05, 0) is 26.1 Å². The van der Waals surface area contributed by atoms with Crippen LogP contribution in [0.2, 0.25) is 0 Å². The molecule has 1 unspecified atom stereocenters. The SMILES string of the molecule is CNC(C)c1nnc(-c2ccccc2C(F)(F)F)o1. The van der Waals surface area contributed by atoms with E-state index >= 15 is 0 Å². The highest BCUT2D eigenvalue weighted by molar-refractivity contribution is 5.59. The van der Waals surface area contributed by atoms with E-state index in [1.165, 1.54) is 18.2 Å². The van der Waals surface area contributed by atoms with Gasteiger partial charge in [0.05, 0.1) is 17.2 Å².